The van der Waals surface area contributed by atoms with Gasteiger partial charge in [-0.15, -0.1) is 0 Å². The summed E-state index contributed by atoms with van der Waals surface area (Å²) in [5.41, 5.74) is 8.56. The fourth-order valence-corrected chi connectivity index (χ4v) is 2.39. The summed E-state index contributed by atoms with van der Waals surface area (Å²) < 4.78 is 15.2. The van der Waals surface area contributed by atoms with Crippen LogP contribution in [0.2, 0.25) is 10.0 Å². The number of hydrogen-bond acceptors (Lipinski definition) is 2. The van der Waals surface area contributed by atoms with E-state index in [1.165, 1.54) is 12.1 Å². The minimum atomic E-state index is -0.624. The standard InChI is InChI=1S/C13H8Cl2FN3/c14-9-4-8(5-10(15)13(9)16)19-6-18-11-3-7(17)1-2-12(11)19/h1-6H,17H2. The van der Waals surface area contributed by atoms with Crippen molar-refractivity contribution in [2.45, 2.75) is 0 Å². The molecule has 0 aliphatic heterocycles. The van der Waals surface area contributed by atoms with Crippen molar-refractivity contribution in [3.05, 3.63) is 52.5 Å². The molecule has 6 heteroatoms. The molecule has 0 amide bonds. The summed E-state index contributed by atoms with van der Waals surface area (Å²) in [5, 5.41) is -0.0559. The van der Waals surface area contributed by atoms with E-state index in [2.05, 4.69) is 4.98 Å². The van der Waals surface area contributed by atoms with E-state index in [0.29, 0.717) is 11.4 Å². The molecule has 0 radical (unpaired) electrons. The number of rotatable bonds is 1. The van der Waals surface area contributed by atoms with Gasteiger partial charge < -0.3 is 5.73 Å². The van der Waals surface area contributed by atoms with Crippen LogP contribution < -0.4 is 5.73 Å². The van der Waals surface area contributed by atoms with Gasteiger partial charge in [0.25, 0.3) is 0 Å². The Morgan fingerprint density at radius 2 is 1.79 bits per heavy atom. The topological polar surface area (TPSA) is 43.8 Å². The molecule has 0 atom stereocenters. The first-order valence-electron chi connectivity index (χ1n) is 5.44. The molecule has 19 heavy (non-hydrogen) atoms. The quantitative estimate of drug-likeness (QED) is 0.543. The monoisotopic (exact) mass is 295 g/mol. The molecule has 0 bridgehead atoms. The van der Waals surface area contributed by atoms with Crippen LogP contribution in [-0.4, -0.2) is 9.55 Å². The van der Waals surface area contributed by atoms with Gasteiger partial charge in [-0.05, 0) is 30.3 Å². The van der Waals surface area contributed by atoms with Crippen molar-refractivity contribution in [1.82, 2.24) is 9.55 Å². The average Bonchev–Trinajstić information content (AvgIpc) is 2.78. The number of hydrogen-bond donors (Lipinski definition) is 1. The van der Waals surface area contributed by atoms with Gasteiger partial charge in [-0.1, -0.05) is 23.2 Å². The van der Waals surface area contributed by atoms with E-state index in [4.69, 9.17) is 28.9 Å². The molecule has 0 aliphatic carbocycles. The molecule has 1 heterocycles. The second-order valence-electron chi connectivity index (χ2n) is 4.09. The van der Waals surface area contributed by atoms with Crippen molar-refractivity contribution >= 4 is 39.9 Å². The smallest absolute Gasteiger partial charge is 0.160 e. The van der Waals surface area contributed by atoms with Crippen molar-refractivity contribution in [2.24, 2.45) is 0 Å². The second-order valence-corrected chi connectivity index (χ2v) is 4.90. The predicted molar refractivity (Wildman–Crippen MR) is 75.5 cm³/mol. The van der Waals surface area contributed by atoms with Gasteiger partial charge in [-0.3, -0.25) is 4.57 Å². The molecular weight excluding hydrogens is 288 g/mol. The van der Waals surface area contributed by atoms with E-state index < -0.39 is 5.82 Å². The first kappa shape index (κ1) is 12.3. The van der Waals surface area contributed by atoms with Crippen LogP contribution in [0.15, 0.2) is 36.7 Å². The molecular formula is C13H8Cl2FN3. The normalized spacial score (nSPS) is 11.1. The highest BCUT2D eigenvalue weighted by molar-refractivity contribution is 6.35. The van der Waals surface area contributed by atoms with E-state index >= 15 is 0 Å². The van der Waals surface area contributed by atoms with E-state index in [9.17, 15) is 4.39 Å². The highest BCUT2D eigenvalue weighted by Gasteiger charge is 2.11. The van der Waals surface area contributed by atoms with Crippen molar-refractivity contribution in [2.75, 3.05) is 5.73 Å². The van der Waals surface area contributed by atoms with E-state index in [-0.39, 0.29) is 10.0 Å². The molecule has 3 rings (SSSR count). The van der Waals surface area contributed by atoms with Gasteiger partial charge in [0.05, 0.1) is 26.8 Å². The van der Waals surface area contributed by atoms with Gasteiger partial charge in [-0.2, -0.15) is 0 Å². The number of nitrogens with zero attached hydrogens (tertiary/aromatic N) is 2. The highest BCUT2D eigenvalue weighted by atomic mass is 35.5. The number of anilines is 1. The van der Waals surface area contributed by atoms with Crippen LogP contribution in [0.5, 0.6) is 0 Å². The molecule has 0 spiro atoms. The Morgan fingerprint density at radius 1 is 1.11 bits per heavy atom. The average molecular weight is 296 g/mol. The van der Waals surface area contributed by atoms with E-state index in [1.54, 1.807) is 23.0 Å². The molecule has 0 aliphatic rings. The number of nitrogen functional groups attached to an aromatic ring is 1. The number of benzene rings is 2. The first-order valence-corrected chi connectivity index (χ1v) is 6.19. The summed E-state index contributed by atoms with van der Waals surface area (Å²) in [6.45, 7) is 0. The molecule has 2 N–H and O–H groups in total. The maximum atomic E-state index is 13.4. The maximum absolute atomic E-state index is 13.4. The first-order chi connectivity index (χ1) is 9.06. The Labute approximate surface area is 118 Å². The van der Waals surface area contributed by atoms with Crippen molar-refractivity contribution in [1.29, 1.82) is 0 Å². The molecule has 0 saturated carbocycles. The zero-order chi connectivity index (χ0) is 13.6. The lowest BCUT2D eigenvalue weighted by atomic mass is 10.2. The molecule has 0 unspecified atom stereocenters. The molecule has 3 nitrogen and oxygen atoms in total. The summed E-state index contributed by atoms with van der Waals surface area (Å²) in [4.78, 5) is 4.24. The Hall–Kier alpha value is -1.78. The molecule has 1 aromatic heterocycles. The fraction of sp³-hybridized carbons (Fsp3) is 0. The lowest BCUT2D eigenvalue weighted by Gasteiger charge is -2.07. The van der Waals surface area contributed by atoms with Gasteiger partial charge in [-0.25, -0.2) is 9.37 Å². The third kappa shape index (κ3) is 2.03. The summed E-state index contributed by atoms with van der Waals surface area (Å²) in [5.74, 6) is -0.624. The summed E-state index contributed by atoms with van der Waals surface area (Å²) >= 11 is 11.6. The number of fused-ring (bicyclic) bond motifs is 1. The third-order valence-corrected chi connectivity index (χ3v) is 3.37. The number of halogens is 3. The fourth-order valence-electron chi connectivity index (χ4n) is 1.92. The highest BCUT2D eigenvalue weighted by Crippen LogP contribution is 2.28. The Morgan fingerprint density at radius 3 is 2.47 bits per heavy atom. The lowest BCUT2D eigenvalue weighted by molar-refractivity contribution is 0.628. The van der Waals surface area contributed by atoms with Crippen molar-refractivity contribution < 1.29 is 4.39 Å². The minimum Gasteiger partial charge on any atom is -0.399 e. The zero-order valence-electron chi connectivity index (χ0n) is 9.57. The van der Waals surface area contributed by atoms with Gasteiger partial charge in [0, 0.05) is 5.69 Å². The Bertz CT molecular complexity index is 760. The van der Waals surface area contributed by atoms with Crippen LogP contribution in [0.1, 0.15) is 0 Å². The summed E-state index contributed by atoms with van der Waals surface area (Å²) in [6, 6.07) is 8.37. The van der Waals surface area contributed by atoms with Gasteiger partial charge in [0.1, 0.15) is 6.33 Å². The number of imidazole rings is 1. The van der Waals surface area contributed by atoms with Crippen LogP contribution in [0, 0.1) is 5.82 Å². The van der Waals surface area contributed by atoms with Crippen LogP contribution in [0.25, 0.3) is 16.7 Å². The molecule has 0 saturated heterocycles. The molecule has 3 aromatic rings. The van der Waals surface area contributed by atoms with Crippen molar-refractivity contribution in [3.63, 3.8) is 0 Å². The van der Waals surface area contributed by atoms with E-state index in [1.807, 2.05) is 6.07 Å². The van der Waals surface area contributed by atoms with Crippen LogP contribution in [0.3, 0.4) is 0 Å². The van der Waals surface area contributed by atoms with Crippen LogP contribution in [-0.2, 0) is 0 Å². The summed E-state index contributed by atoms with van der Waals surface area (Å²) in [6.07, 6.45) is 1.62. The molecule has 0 fully saturated rings. The van der Waals surface area contributed by atoms with Gasteiger partial charge in [0.2, 0.25) is 0 Å². The van der Waals surface area contributed by atoms with Crippen LogP contribution in [0.4, 0.5) is 10.1 Å². The second kappa shape index (κ2) is 4.40. The molecule has 2 aromatic carbocycles. The Balaban J connectivity index is 2.25. The van der Waals surface area contributed by atoms with Gasteiger partial charge in [0.15, 0.2) is 5.82 Å². The Kier molecular flexibility index (Phi) is 2.84. The van der Waals surface area contributed by atoms with Crippen molar-refractivity contribution in [3.8, 4) is 5.69 Å². The summed E-state index contributed by atoms with van der Waals surface area (Å²) in [7, 11) is 0. The lowest BCUT2D eigenvalue weighted by Crippen LogP contribution is -1.94. The largest absolute Gasteiger partial charge is 0.399 e. The zero-order valence-corrected chi connectivity index (χ0v) is 11.1. The third-order valence-electron chi connectivity index (χ3n) is 2.82. The van der Waals surface area contributed by atoms with E-state index in [0.717, 1.165) is 11.0 Å². The maximum Gasteiger partial charge on any atom is 0.160 e. The van der Waals surface area contributed by atoms with Crippen LogP contribution >= 0.6 is 23.2 Å². The minimum absolute atomic E-state index is 0.0280. The number of aromatic nitrogens is 2. The SMILES string of the molecule is Nc1ccc2c(c1)ncn2-c1cc(Cl)c(F)c(Cl)c1. The molecule has 96 valence electrons. The predicted octanol–water partition coefficient (Wildman–Crippen LogP) is 4.05. The van der Waals surface area contributed by atoms with Gasteiger partial charge >= 0.3 is 0 Å². The number of nitrogens with two attached hydrogens (primary N) is 1.